The molecule has 0 aromatic heterocycles. The number of nitrogens with zero attached hydrogens (tertiary/aromatic N) is 1. The fourth-order valence-corrected chi connectivity index (χ4v) is 2.56. The molecule has 1 rings (SSSR count). The number of halogens is 2. The summed E-state index contributed by atoms with van der Waals surface area (Å²) in [5.41, 5.74) is 0. The minimum atomic E-state index is -0.740. The molecule has 1 aromatic rings. The Hall–Kier alpha value is -2.16. The summed E-state index contributed by atoms with van der Waals surface area (Å²) in [5, 5.41) is 2.57. The lowest BCUT2D eigenvalue weighted by atomic mass is 10.3. The number of carbonyl (C=O) groups is 3. The molecule has 138 valence electrons. The molecular weight excluding hydrogens is 354 g/mol. The number of hydrogen-bond donors (Lipinski definition) is 1. The Kier molecular flexibility index (Phi) is 8.90. The summed E-state index contributed by atoms with van der Waals surface area (Å²) in [6.45, 7) is 3.56. The van der Waals surface area contributed by atoms with Gasteiger partial charge in [-0.25, -0.2) is 8.78 Å². The van der Waals surface area contributed by atoms with Gasteiger partial charge >= 0.3 is 5.97 Å². The van der Waals surface area contributed by atoms with Crippen LogP contribution in [0.3, 0.4) is 0 Å². The van der Waals surface area contributed by atoms with Gasteiger partial charge in [0.2, 0.25) is 5.91 Å². The van der Waals surface area contributed by atoms with E-state index in [1.54, 1.807) is 13.8 Å². The third kappa shape index (κ3) is 7.51. The van der Waals surface area contributed by atoms with Crippen LogP contribution in [0.25, 0.3) is 0 Å². The number of amides is 2. The highest BCUT2D eigenvalue weighted by molar-refractivity contribution is 8.00. The van der Waals surface area contributed by atoms with Crippen LogP contribution in [0, 0.1) is 11.6 Å². The first-order valence-corrected chi connectivity index (χ1v) is 8.63. The zero-order chi connectivity index (χ0) is 18.8. The Morgan fingerprint density at radius 2 is 1.96 bits per heavy atom. The van der Waals surface area contributed by atoms with E-state index >= 15 is 0 Å². The van der Waals surface area contributed by atoms with E-state index in [0.717, 1.165) is 30.0 Å². The Morgan fingerprint density at radius 1 is 1.24 bits per heavy atom. The van der Waals surface area contributed by atoms with Crippen molar-refractivity contribution in [1.29, 1.82) is 0 Å². The Labute approximate surface area is 148 Å². The van der Waals surface area contributed by atoms with Gasteiger partial charge in [0.05, 0.1) is 12.3 Å². The average molecular weight is 374 g/mol. The molecule has 25 heavy (non-hydrogen) atoms. The van der Waals surface area contributed by atoms with Gasteiger partial charge in [-0.2, -0.15) is 0 Å². The number of benzene rings is 1. The van der Waals surface area contributed by atoms with Crippen molar-refractivity contribution in [3.8, 4) is 0 Å². The predicted molar refractivity (Wildman–Crippen MR) is 89.0 cm³/mol. The van der Waals surface area contributed by atoms with E-state index in [-0.39, 0.29) is 29.6 Å². The zero-order valence-electron chi connectivity index (χ0n) is 14.0. The smallest absolute Gasteiger partial charge is 0.316 e. The molecule has 0 saturated heterocycles. The quantitative estimate of drug-likeness (QED) is 0.525. The van der Waals surface area contributed by atoms with Crippen molar-refractivity contribution < 1.29 is 27.9 Å². The SMILES string of the molecule is CCNC(=O)CN(CC)C(=O)COC(=O)CSc1cc(F)ccc1F. The van der Waals surface area contributed by atoms with Crippen LogP contribution in [0.15, 0.2) is 23.1 Å². The van der Waals surface area contributed by atoms with Crippen molar-refractivity contribution >= 4 is 29.5 Å². The molecule has 0 aliphatic rings. The largest absolute Gasteiger partial charge is 0.455 e. The van der Waals surface area contributed by atoms with Crippen LogP contribution in [0.4, 0.5) is 8.78 Å². The van der Waals surface area contributed by atoms with E-state index in [9.17, 15) is 23.2 Å². The summed E-state index contributed by atoms with van der Waals surface area (Å²) in [4.78, 5) is 36.3. The van der Waals surface area contributed by atoms with Gasteiger partial charge < -0.3 is 15.0 Å². The maximum absolute atomic E-state index is 13.4. The number of esters is 1. The zero-order valence-corrected chi connectivity index (χ0v) is 14.8. The third-order valence-electron chi connectivity index (χ3n) is 3.04. The van der Waals surface area contributed by atoms with Gasteiger partial charge in [-0.1, -0.05) is 0 Å². The second-order valence-electron chi connectivity index (χ2n) is 4.89. The summed E-state index contributed by atoms with van der Waals surface area (Å²) < 4.78 is 31.3. The van der Waals surface area contributed by atoms with Gasteiger partial charge in [-0.05, 0) is 32.0 Å². The summed E-state index contributed by atoms with van der Waals surface area (Å²) in [6.07, 6.45) is 0. The molecule has 0 bridgehead atoms. The van der Waals surface area contributed by atoms with Crippen LogP contribution < -0.4 is 5.32 Å². The lowest BCUT2D eigenvalue weighted by Gasteiger charge is -2.19. The van der Waals surface area contributed by atoms with E-state index in [1.165, 1.54) is 4.90 Å². The van der Waals surface area contributed by atoms with Crippen LogP contribution in [-0.2, 0) is 19.1 Å². The van der Waals surface area contributed by atoms with Crippen LogP contribution in [-0.4, -0.2) is 54.7 Å². The van der Waals surface area contributed by atoms with Gasteiger partial charge in [0.1, 0.15) is 11.6 Å². The number of thioether (sulfide) groups is 1. The first kappa shape index (κ1) is 20.9. The number of nitrogens with one attached hydrogen (secondary N) is 1. The molecule has 1 aromatic carbocycles. The topological polar surface area (TPSA) is 75.7 Å². The predicted octanol–water partition coefficient (Wildman–Crippen LogP) is 1.58. The molecule has 0 aliphatic carbocycles. The minimum Gasteiger partial charge on any atom is -0.455 e. The molecule has 0 saturated carbocycles. The van der Waals surface area contributed by atoms with Gasteiger partial charge in [0, 0.05) is 18.0 Å². The fourth-order valence-electron chi connectivity index (χ4n) is 1.80. The van der Waals surface area contributed by atoms with Gasteiger partial charge in [-0.3, -0.25) is 14.4 Å². The highest BCUT2D eigenvalue weighted by Crippen LogP contribution is 2.22. The number of hydrogen-bond acceptors (Lipinski definition) is 5. The maximum Gasteiger partial charge on any atom is 0.316 e. The monoisotopic (exact) mass is 374 g/mol. The maximum atomic E-state index is 13.4. The molecule has 2 amide bonds. The first-order chi connectivity index (χ1) is 11.9. The number of likely N-dealkylation sites (N-methyl/N-ethyl adjacent to an activating group) is 2. The number of carbonyl (C=O) groups excluding carboxylic acids is 3. The van der Waals surface area contributed by atoms with Crippen molar-refractivity contribution in [1.82, 2.24) is 10.2 Å². The molecule has 0 radical (unpaired) electrons. The van der Waals surface area contributed by atoms with Gasteiger partial charge in [0.25, 0.3) is 5.91 Å². The van der Waals surface area contributed by atoms with Crippen LogP contribution in [0.2, 0.25) is 0 Å². The van der Waals surface area contributed by atoms with Crippen molar-refractivity contribution in [3.63, 3.8) is 0 Å². The summed E-state index contributed by atoms with van der Waals surface area (Å²) in [5.74, 6) is -3.08. The van der Waals surface area contributed by atoms with E-state index in [4.69, 9.17) is 4.74 Å². The molecule has 0 heterocycles. The van der Waals surface area contributed by atoms with E-state index in [2.05, 4.69) is 5.32 Å². The van der Waals surface area contributed by atoms with Crippen LogP contribution in [0.5, 0.6) is 0 Å². The molecule has 0 atom stereocenters. The highest BCUT2D eigenvalue weighted by Gasteiger charge is 2.17. The third-order valence-corrected chi connectivity index (χ3v) is 4.04. The van der Waals surface area contributed by atoms with Crippen LogP contribution >= 0.6 is 11.8 Å². The second kappa shape index (κ2) is 10.7. The van der Waals surface area contributed by atoms with Gasteiger partial charge in [-0.15, -0.1) is 11.8 Å². The van der Waals surface area contributed by atoms with Crippen molar-refractivity contribution in [2.45, 2.75) is 18.7 Å². The number of rotatable bonds is 9. The molecule has 0 spiro atoms. The Morgan fingerprint density at radius 3 is 2.60 bits per heavy atom. The summed E-state index contributed by atoms with van der Waals surface area (Å²) >= 11 is 0.774. The van der Waals surface area contributed by atoms with Crippen molar-refractivity contribution in [3.05, 3.63) is 29.8 Å². The molecule has 0 fully saturated rings. The van der Waals surface area contributed by atoms with E-state index < -0.39 is 30.1 Å². The highest BCUT2D eigenvalue weighted by atomic mass is 32.2. The van der Waals surface area contributed by atoms with Crippen LogP contribution in [0.1, 0.15) is 13.8 Å². The molecule has 6 nitrogen and oxygen atoms in total. The summed E-state index contributed by atoms with van der Waals surface area (Å²) in [7, 11) is 0. The molecule has 9 heteroatoms. The molecule has 1 N–H and O–H groups in total. The molecule has 0 aliphatic heterocycles. The normalized spacial score (nSPS) is 10.2. The summed E-state index contributed by atoms with van der Waals surface area (Å²) in [6, 6.07) is 2.92. The standard InChI is InChI=1S/C16H20F2N2O4S/c1-3-19-14(21)8-20(4-2)15(22)9-24-16(23)10-25-13-7-11(17)5-6-12(13)18/h5-7H,3-4,8-10H2,1-2H3,(H,19,21). The minimum absolute atomic E-state index is 0.0188. The van der Waals surface area contributed by atoms with Crippen molar-refractivity contribution in [2.75, 3.05) is 32.0 Å². The van der Waals surface area contributed by atoms with Crippen molar-refractivity contribution in [2.24, 2.45) is 0 Å². The number of ether oxygens (including phenoxy) is 1. The van der Waals surface area contributed by atoms with E-state index in [0.29, 0.717) is 6.54 Å². The Balaban J connectivity index is 2.42. The fraction of sp³-hybridized carbons (Fsp3) is 0.438. The van der Waals surface area contributed by atoms with E-state index in [1.807, 2.05) is 0 Å². The first-order valence-electron chi connectivity index (χ1n) is 7.65. The lowest BCUT2D eigenvalue weighted by molar-refractivity contribution is -0.150. The second-order valence-corrected chi connectivity index (χ2v) is 5.90. The lowest BCUT2D eigenvalue weighted by Crippen LogP contribution is -2.42. The molecule has 0 unspecified atom stereocenters. The average Bonchev–Trinajstić information content (AvgIpc) is 2.58. The Bertz CT molecular complexity index is 628. The molecular formula is C16H20F2N2O4S. The van der Waals surface area contributed by atoms with Gasteiger partial charge in [0.15, 0.2) is 6.61 Å².